The first-order valence-corrected chi connectivity index (χ1v) is 7.60. The molecule has 2 rings (SSSR count). The minimum Gasteiger partial charge on any atom is -0.462 e. The molecular weight excluding hydrogens is 308 g/mol. The van der Waals surface area contributed by atoms with Crippen LogP contribution in [0.1, 0.15) is 39.6 Å². The van der Waals surface area contributed by atoms with Crippen LogP contribution in [-0.2, 0) is 20.7 Å². The number of carbonyl (C=O) groups is 3. The fraction of sp³-hybridized carbons (Fsp3) is 0.211. The van der Waals surface area contributed by atoms with E-state index in [1.54, 1.807) is 42.5 Å². The highest BCUT2D eigenvalue weighted by molar-refractivity contribution is 5.96. The molecule has 0 aliphatic rings. The molecule has 0 atom stereocenters. The lowest BCUT2D eigenvalue weighted by Gasteiger charge is -2.06. The van der Waals surface area contributed by atoms with E-state index < -0.39 is 11.9 Å². The zero-order chi connectivity index (χ0) is 17.4. The first-order valence-electron chi connectivity index (χ1n) is 7.60. The topological polar surface area (TPSA) is 69.7 Å². The van der Waals surface area contributed by atoms with Crippen LogP contribution < -0.4 is 0 Å². The van der Waals surface area contributed by atoms with Crippen molar-refractivity contribution in [3.8, 4) is 0 Å². The molecule has 24 heavy (non-hydrogen) atoms. The predicted molar refractivity (Wildman–Crippen MR) is 87.6 cm³/mol. The Morgan fingerprint density at radius 3 is 2.29 bits per heavy atom. The molecule has 0 bridgehead atoms. The van der Waals surface area contributed by atoms with E-state index in [4.69, 9.17) is 4.74 Å². The van der Waals surface area contributed by atoms with Gasteiger partial charge in [0.2, 0.25) is 0 Å². The van der Waals surface area contributed by atoms with Crippen LogP contribution in [0.4, 0.5) is 0 Å². The first kappa shape index (κ1) is 17.4. The van der Waals surface area contributed by atoms with Crippen molar-refractivity contribution >= 4 is 17.9 Å². The maximum absolute atomic E-state index is 11.8. The second-order valence-electron chi connectivity index (χ2n) is 5.19. The van der Waals surface area contributed by atoms with Gasteiger partial charge < -0.3 is 9.47 Å². The number of benzene rings is 2. The normalized spacial score (nSPS) is 10.0. The van der Waals surface area contributed by atoms with E-state index in [1.807, 2.05) is 12.1 Å². The molecule has 0 saturated heterocycles. The Bertz CT molecular complexity index is 722. The van der Waals surface area contributed by atoms with Crippen molar-refractivity contribution in [2.75, 3.05) is 6.61 Å². The van der Waals surface area contributed by atoms with E-state index in [2.05, 4.69) is 4.74 Å². The summed E-state index contributed by atoms with van der Waals surface area (Å²) < 4.78 is 9.76. The maximum atomic E-state index is 11.8. The van der Waals surface area contributed by atoms with Gasteiger partial charge in [0, 0.05) is 6.92 Å². The highest BCUT2D eigenvalue weighted by atomic mass is 16.6. The van der Waals surface area contributed by atoms with E-state index in [0.29, 0.717) is 24.0 Å². The Labute approximate surface area is 140 Å². The number of aryl methyl sites for hydroxylation is 1. The van der Waals surface area contributed by atoms with Gasteiger partial charge in [0.15, 0.2) is 0 Å². The number of esters is 3. The molecule has 2 aromatic rings. The van der Waals surface area contributed by atoms with E-state index in [1.165, 1.54) is 6.92 Å². The number of hydrogen-bond donors (Lipinski definition) is 0. The Balaban J connectivity index is 1.81. The van der Waals surface area contributed by atoms with Crippen molar-refractivity contribution < 1.29 is 23.9 Å². The first-order chi connectivity index (χ1) is 11.6. The lowest BCUT2D eigenvalue weighted by molar-refractivity contribution is -0.135. The van der Waals surface area contributed by atoms with Crippen molar-refractivity contribution in [1.29, 1.82) is 0 Å². The summed E-state index contributed by atoms with van der Waals surface area (Å²) in [6, 6.07) is 15.6. The summed E-state index contributed by atoms with van der Waals surface area (Å²) in [6.07, 6.45) is 1.27. The number of hydrogen-bond acceptors (Lipinski definition) is 5. The Kier molecular flexibility index (Phi) is 6.25. The fourth-order valence-electron chi connectivity index (χ4n) is 2.14. The van der Waals surface area contributed by atoms with Crippen LogP contribution in [0.25, 0.3) is 0 Å². The molecule has 0 unspecified atom stereocenters. The molecule has 0 radical (unpaired) electrons. The predicted octanol–water partition coefficient (Wildman–Crippen LogP) is 3.18. The van der Waals surface area contributed by atoms with E-state index in [9.17, 15) is 14.4 Å². The molecule has 5 heteroatoms. The summed E-state index contributed by atoms with van der Waals surface area (Å²) in [5.41, 5.74) is 1.75. The average Bonchev–Trinajstić information content (AvgIpc) is 2.59. The molecule has 0 heterocycles. The quantitative estimate of drug-likeness (QED) is 0.463. The van der Waals surface area contributed by atoms with Crippen LogP contribution in [0.2, 0.25) is 0 Å². The van der Waals surface area contributed by atoms with Crippen LogP contribution in [0.3, 0.4) is 0 Å². The van der Waals surface area contributed by atoms with Crippen LogP contribution in [-0.4, -0.2) is 24.5 Å². The fourth-order valence-corrected chi connectivity index (χ4v) is 2.14. The monoisotopic (exact) mass is 326 g/mol. The van der Waals surface area contributed by atoms with Gasteiger partial charge >= 0.3 is 17.9 Å². The highest BCUT2D eigenvalue weighted by Crippen LogP contribution is 2.10. The number of ether oxygens (including phenoxy) is 2. The van der Waals surface area contributed by atoms with E-state index in [0.717, 1.165) is 5.56 Å². The van der Waals surface area contributed by atoms with Gasteiger partial charge in [-0.2, -0.15) is 0 Å². The van der Waals surface area contributed by atoms with Crippen LogP contribution >= 0.6 is 0 Å². The molecule has 5 nitrogen and oxygen atoms in total. The van der Waals surface area contributed by atoms with Gasteiger partial charge in [-0.15, -0.1) is 0 Å². The van der Waals surface area contributed by atoms with Gasteiger partial charge in [-0.3, -0.25) is 4.79 Å². The van der Waals surface area contributed by atoms with Gasteiger partial charge in [0.25, 0.3) is 0 Å². The summed E-state index contributed by atoms with van der Waals surface area (Å²) in [5, 5.41) is 0. The second kappa shape index (κ2) is 8.62. The van der Waals surface area contributed by atoms with Gasteiger partial charge in [0.1, 0.15) is 0 Å². The molecule has 2 aromatic carbocycles. The Morgan fingerprint density at radius 1 is 0.875 bits per heavy atom. The van der Waals surface area contributed by atoms with Crippen molar-refractivity contribution in [3.05, 3.63) is 71.3 Å². The molecule has 0 saturated carbocycles. The van der Waals surface area contributed by atoms with Crippen LogP contribution in [0.15, 0.2) is 54.6 Å². The summed E-state index contributed by atoms with van der Waals surface area (Å²) in [4.78, 5) is 34.3. The SMILES string of the molecule is CC(=O)OC(=O)c1cccc(CCCOC(=O)c2ccccc2)c1. The molecule has 0 amide bonds. The zero-order valence-electron chi connectivity index (χ0n) is 13.4. The Hall–Kier alpha value is -2.95. The molecular formula is C19H18O5. The van der Waals surface area contributed by atoms with Gasteiger partial charge in [-0.25, -0.2) is 9.59 Å². The minimum absolute atomic E-state index is 0.288. The van der Waals surface area contributed by atoms with Crippen LogP contribution in [0.5, 0.6) is 0 Å². The van der Waals surface area contributed by atoms with E-state index >= 15 is 0 Å². The van der Waals surface area contributed by atoms with Crippen LogP contribution in [0, 0.1) is 0 Å². The second-order valence-corrected chi connectivity index (χ2v) is 5.19. The molecule has 0 N–H and O–H groups in total. The summed E-state index contributed by atoms with van der Waals surface area (Å²) in [5.74, 6) is -1.66. The third-order valence-corrected chi connectivity index (χ3v) is 3.25. The number of carbonyl (C=O) groups excluding carboxylic acids is 3. The molecule has 124 valence electrons. The third kappa shape index (κ3) is 5.35. The third-order valence-electron chi connectivity index (χ3n) is 3.25. The van der Waals surface area contributed by atoms with Gasteiger partial charge in [-0.1, -0.05) is 30.3 Å². The molecule has 0 fully saturated rings. The summed E-state index contributed by atoms with van der Waals surface area (Å²) in [6.45, 7) is 1.47. The molecule has 0 spiro atoms. The van der Waals surface area contributed by atoms with Crippen molar-refractivity contribution in [1.82, 2.24) is 0 Å². The largest absolute Gasteiger partial charge is 0.462 e. The van der Waals surface area contributed by atoms with Crippen molar-refractivity contribution in [3.63, 3.8) is 0 Å². The van der Waals surface area contributed by atoms with Crippen molar-refractivity contribution in [2.45, 2.75) is 19.8 Å². The minimum atomic E-state index is -0.667. The highest BCUT2D eigenvalue weighted by Gasteiger charge is 2.10. The lowest BCUT2D eigenvalue weighted by atomic mass is 10.1. The smallest absolute Gasteiger partial charge is 0.345 e. The summed E-state index contributed by atoms with van der Waals surface area (Å²) >= 11 is 0. The molecule has 0 aliphatic carbocycles. The standard InChI is InChI=1S/C19H18O5/c1-14(20)24-19(22)17-11-5-7-15(13-17)8-6-12-23-18(21)16-9-3-2-4-10-16/h2-5,7,9-11,13H,6,8,12H2,1H3. The molecule has 0 aromatic heterocycles. The zero-order valence-corrected chi connectivity index (χ0v) is 13.4. The molecule has 0 aliphatic heterocycles. The number of rotatable bonds is 6. The Morgan fingerprint density at radius 2 is 1.58 bits per heavy atom. The van der Waals surface area contributed by atoms with Gasteiger partial charge in [-0.05, 0) is 42.7 Å². The average molecular weight is 326 g/mol. The van der Waals surface area contributed by atoms with Crippen molar-refractivity contribution in [2.24, 2.45) is 0 Å². The maximum Gasteiger partial charge on any atom is 0.345 e. The lowest BCUT2D eigenvalue weighted by Crippen LogP contribution is -2.10. The van der Waals surface area contributed by atoms with E-state index in [-0.39, 0.29) is 12.6 Å². The summed E-state index contributed by atoms with van der Waals surface area (Å²) in [7, 11) is 0. The van der Waals surface area contributed by atoms with Gasteiger partial charge in [0.05, 0.1) is 17.7 Å².